The van der Waals surface area contributed by atoms with Crippen molar-refractivity contribution >= 4 is 34.5 Å². The molecule has 0 bridgehead atoms. The third kappa shape index (κ3) is 2.91. The summed E-state index contributed by atoms with van der Waals surface area (Å²) in [4.78, 5) is 23.3. The van der Waals surface area contributed by atoms with E-state index in [1.165, 1.54) is 6.07 Å². The highest BCUT2D eigenvalue weighted by atomic mass is 19.1. The number of allylic oxidation sites excluding steroid dienone is 1. The average Bonchev–Trinajstić information content (AvgIpc) is 3.15. The van der Waals surface area contributed by atoms with Crippen LogP contribution in [0.15, 0.2) is 53.5 Å². The first-order chi connectivity index (χ1) is 12.1. The van der Waals surface area contributed by atoms with Gasteiger partial charge in [-0.15, -0.1) is 0 Å². The highest BCUT2D eigenvalue weighted by Gasteiger charge is 2.26. The molecule has 3 heterocycles. The Morgan fingerprint density at radius 3 is 3.00 bits per heavy atom. The number of nitrogens with zero attached hydrogens (tertiary/aromatic N) is 2. The third-order valence-corrected chi connectivity index (χ3v) is 3.74. The molecule has 1 aliphatic heterocycles. The summed E-state index contributed by atoms with van der Waals surface area (Å²) in [6.45, 7) is 0. The number of benzene rings is 1. The van der Waals surface area contributed by atoms with Crippen LogP contribution in [-0.4, -0.2) is 21.6 Å². The molecule has 2 aromatic heterocycles. The lowest BCUT2D eigenvalue weighted by molar-refractivity contribution is -0.114. The third-order valence-electron chi connectivity index (χ3n) is 3.74. The summed E-state index contributed by atoms with van der Waals surface area (Å²) < 4.78 is 32.1. The van der Waals surface area contributed by atoms with Crippen LogP contribution in [0.3, 0.4) is 0 Å². The van der Waals surface area contributed by atoms with Crippen molar-refractivity contribution in [3.8, 4) is 0 Å². The maximum absolute atomic E-state index is 13.7. The number of Topliss-reactive ketones (excluding diaryl/α,β-unsaturated/α-hetero) is 1. The Kier molecular flexibility index (Phi) is 3.61. The van der Waals surface area contributed by atoms with Gasteiger partial charge in [-0.25, -0.2) is 18.8 Å². The quantitative estimate of drug-likeness (QED) is 0.720. The van der Waals surface area contributed by atoms with E-state index in [4.69, 9.17) is 4.74 Å². The lowest BCUT2D eigenvalue weighted by Crippen LogP contribution is -1.93. The van der Waals surface area contributed by atoms with E-state index >= 15 is 0 Å². The standard InChI is InChI=1S/C18H11F2N3O2/c19-11-3-4-14(13(20)7-11)23-17-8-15(24)16(25-17)6-10-9-22-18-12(10)2-1-5-21-18/h1-7,9H,8H2,(H,21,22)/b16-6-,23-17?. The van der Waals surface area contributed by atoms with Gasteiger partial charge in [-0.2, -0.15) is 0 Å². The molecule has 5 nitrogen and oxygen atoms in total. The average molecular weight is 339 g/mol. The van der Waals surface area contributed by atoms with Gasteiger partial charge in [0, 0.05) is 29.4 Å². The second-order valence-corrected chi connectivity index (χ2v) is 5.46. The van der Waals surface area contributed by atoms with E-state index < -0.39 is 11.6 Å². The molecule has 0 spiro atoms. The minimum absolute atomic E-state index is 0.0692. The van der Waals surface area contributed by atoms with Crippen LogP contribution in [0.1, 0.15) is 12.0 Å². The number of carbonyl (C=O) groups is 1. The second kappa shape index (κ2) is 5.94. The Labute approximate surface area is 140 Å². The fourth-order valence-electron chi connectivity index (χ4n) is 2.56. The number of carbonyl (C=O) groups excluding carboxylic acids is 1. The normalized spacial score (nSPS) is 17.6. The molecule has 1 aromatic carbocycles. The molecule has 1 aliphatic rings. The number of H-pyrrole nitrogens is 1. The minimum Gasteiger partial charge on any atom is -0.439 e. The van der Waals surface area contributed by atoms with Gasteiger partial charge in [-0.05, 0) is 30.3 Å². The van der Waals surface area contributed by atoms with Crippen LogP contribution in [0.4, 0.5) is 14.5 Å². The topological polar surface area (TPSA) is 67.3 Å². The smallest absolute Gasteiger partial charge is 0.207 e. The van der Waals surface area contributed by atoms with Crippen LogP contribution in [0.5, 0.6) is 0 Å². The molecule has 7 heteroatoms. The fraction of sp³-hybridized carbons (Fsp3) is 0.0556. The molecule has 1 saturated heterocycles. The van der Waals surface area contributed by atoms with Crippen molar-refractivity contribution in [2.24, 2.45) is 4.99 Å². The zero-order valence-electron chi connectivity index (χ0n) is 12.8. The van der Waals surface area contributed by atoms with Gasteiger partial charge in [0.05, 0.1) is 6.42 Å². The van der Waals surface area contributed by atoms with E-state index in [1.54, 1.807) is 24.5 Å². The number of ketones is 1. The van der Waals surface area contributed by atoms with Gasteiger partial charge in [0.25, 0.3) is 0 Å². The molecule has 25 heavy (non-hydrogen) atoms. The molecule has 0 radical (unpaired) electrons. The van der Waals surface area contributed by atoms with Crippen molar-refractivity contribution in [2.75, 3.05) is 0 Å². The number of rotatable bonds is 2. The highest BCUT2D eigenvalue weighted by Crippen LogP contribution is 2.26. The van der Waals surface area contributed by atoms with Crippen molar-refractivity contribution in [3.63, 3.8) is 0 Å². The number of fused-ring (bicyclic) bond motifs is 1. The van der Waals surface area contributed by atoms with Crippen LogP contribution >= 0.6 is 0 Å². The number of nitrogens with one attached hydrogen (secondary N) is 1. The monoisotopic (exact) mass is 339 g/mol. The maximum atomic E-state index is 13.7. The summed E-state index contributed by atoms with van der Waals surface area (Å²) in [5.74, 6) is -1.59. The molecule has 0 unspecified atom stereocenters. The first-order valence-electron chi connectivity index (χ1n) is 7.47. The van der Waals surface area contributed by atoms with E-state index in [-0.39, 0.29) is 29.5 Å². The number of pyridine rings is 1. The SMILES string of the molecule is O=C1CC(=Nc2ccc(F)cc2F)O/C1=C\c1c[nH]c2ncccc12. The molecule has 1 fully saturated rings. The Hall–Kier alpha value is -3.35. The van der Waals surface area contributed by atoms with Crippen LogP contribution in [0.25, 0.3) is 17.1 Å². The molecular formula is C18H11F2N3O2. The number of aromatic nitrogens is 2. The van der Waals surface area contributed by atoms with Crippen LogP contribution < -0.4 is 0 Å². The second-order valence-electron chi connectivity index (χ2n) is 5.46. The van der Waals surface area contributed by atoms with E-state index in [2.05, 4.69) is 15.0 Å². The largest absolute Gasteiger partial charge is 0.439 e. The van der Waals surface area contributed by atoms with Gasteiger partial charge in [0.15, 0.2) is 11.6 Å². The van der Waals surface area contributed by atoms with Crippen LogP contribution in [-0.2, 0) is 9.53 Å². The Morgan fingerprint density at radius 1 is 1.28 bits per heavy atom. The Morgan fingerprint density at radius 2 is 2.16 bits per heavy atom. The van der Waals surface area contributed by atoms with Crippen molar-refractivity contribution in [1.82, 2.24) is 9.97 Å². The van der Waals surface area contributed by atoms with Gasteiger partial charge in [-0.1, -0.05) is 0 Å². The predicted molar refractivity (Wildman–Crippen MR) is 88.2 cm³/mol. The maximum Gasteiger partial charge on any atom is 0.207 e. The summed E-state index contributed by atoms with van der Waals surface area (Å²) in [6.07, 6.45) is 4.89. The fourth-order valence-corrected chi connectivity index (χ4v) is 2.56. The molecule has 0 atom stereocenters. The zero-order chi connectivity index (χ0) is 17.4. The van der Waals surface area contributed by atoms with E-state index in [0.29, 0.717) is 5.65 Å². The minimum atomic E-state index is -0.816. The summed E-state index contributed by atoms with van der Waals surface area (Å²) in [5.41, 5.74) is 1.37. The summed E-state index contributed by atoms with van der Waals surface area (Å²) >= 11 is 0. The molecule has 4 rings (SSSR count). The van der Waals surface area contributed by atoms with Gasteiger partial charge in [0.2, 0.25) is 11.7 Å². The Bertz CT molecular complexity index is 1050. The molecule has 0 aliphatic carbocycles. The number of hydrogen-bond donors (Lipinski definition) is 1. The number of aromatic amines is 1. The summed E-state index contributed by atoms with van der Waals surface area (Å²) in [5, 5.41) is 0.848. The number of halogens is 2. The highest BCUT2D eigenvalue weighted by molar-refractivity contribution is 6.15. The van der Waals surface area contributed by atoms with Crippen molar-refractivity contribution < 1.29 is 18.3 Å². The number of hydrogen-bond acceptors (Lipinski definition) is 4. The van der Waals surface area contributed by atoms with Gasteiger partial charge < -0.3 is 9.72 Å². The lowest BCUT2D eigenvalue weighted by atomic mass is 10.1. The van der Waals surface area contributed by atoms with E-state index in [0.717, 1.165) is 23.1 Å². The van der Waals surface area contributed by atoms with Gasteiger partial charge >= 0.3 is 0 Å². The van der Waals surface area contributed by atoms with Gasteiger partial charge in [0.1, 0.15) is 17.2 Å². The van der Waals surface area contributed by atoms with E-state index in [9.17, 15) is 13.6 Å². The zero-order valence-corrected chi connectivity index (χ0v) is 12.8. The molecule has 3 aromatic rings. The molecule has 0 saturated carbocycles. The predicted octanol–water partition coefficient (Wildman–Crippen LogP) is 3.90. The summed E-state index contributed by atoms with van der Waals surface area (Å²) in [7, 11) is 0. The van der Waals surface area contributed by atoms with Crippen LogP contribution in [0, 0.1) is 11.6 Å². The van der Waals surface area contributed by atoms with Crippen molar-refractivity contribution in [3.05, 3.63) is 65.7 Å². The molecule has 124 valence electrons. The van der Waals surface area contributed by atoms with Crippen molar-refractivity contribution in [2.45, 2.75) is 6.42 Å². The van der Waals surface area contributed by atoms with Crippen molar-refractivity contribution in [1.29, 1.82) is 0 Å². The first-order valence-corrected chi connectivity index (χ1v) is 7.47. The number of ether oxygens (including phenoxy) is 1. The molecule has 1 N–H and O–H groups in total. The lowest BCUT2D eigenvalue weighted by Gasteiger charge is -2.00. The van der Waals surface area contributed by atoms with Gasteiger partial charge in [-0.3, -0.25) is 4.79 Å². The van der Waals surface area contributed by atoms with Crippen LogP contribution in [0.2, 0.25) is 0 Å². The first kappa shape index (κ1) is 15.2. The summed E-state index contributed by atoms with van der Waals surface area (Å²) in [6, 6.07) is 6.67. The molecular weight excluding hydrogens is 328 g/mol. The van der Waals surface area contributed by atoms with E-state index in [1.807, 2.05) is 6.07 Å². The number of aliphatic imine (C=N–C) groups is 1. The molecule has 0 amide bonds. The Balaban J connectivity index is 1.65.